The van der Waals surface area contributed by atoms with E-state index in [0.29, 0.717) is 11.8 Å². The molecule has 1 aliphatic rings. The normalized spacial score (nSPS) is 15.1. The number of amides is 1. The molecule has 1 N–H and O–H groups in total. The third-order valence-corrected chi connectivity index (χ3v) is 5.45. The largest absolute Gasteiger partial charge is 0.496 e. The Morgan fingerprint density at radius 3 is 2.64 bits per heavy atom. The quantitative estimate of drug-likeness (QED) is 0.593. The van der Waals surface area contributed by atoms with Crippen LogP contribution in [-0.4, -0.2) is 19.1 Å². The molecule has 0 bridgehead atoms. The van der Waals surface area contributed by atoms with Crippen molar-refractivity contribution >= 4 is 22.4 Å². The van der Waals surface area contributed by atoms with Gasteiger partial charge in [-0.25, -0.2) is 0 Å². The van der Waals surface area contributed by atoms with Crippen LogP contribution in [0.3, 0.4) is 0 Å². The zero-order chi connectivity index (χ0) is 19.5. The molecular weight excluding hydrogens is 350 g/mol. The minimum absolute atomic E-state index is 0.0398. The second-order valence-electron chi connectivity index (χ2n) is 7.38. The fourth-order valence-corrected chi connectivity index (χ4v) is 3.96. The highest BCUT2D eigenvalue weighted by atomic mass is 16.5. The standard InChI is InChI=1S/C24H25NO3/c1-16(12-24(26)25-18-10-6-7-11-18)19-13-20-21(17-8-4-3-5-9-17)15-28-23(20)14-22(19)27-2/h3-5,8-9,12-15,18H,6-7,10-11H2,1-2H3,(H,25,26)/b16-12+. The van der Waals surface area contributed by atoms with Gasteiger partial charge in [0.1, 0.15) is 11.3 Å². The van der Waals surface area contributed by atoms with E-state index in [1.807, 2.05) is 31.2 Å². The smallest absolute Gasteiger partial charge is 0.244 e. The van der Waals surface area contributed by atoms with Crippen molar-refractivity contribution in [1.82, 2.24) is 5.32 Å². The van der Waals surface area contributed by atoms with Crippen LogP contribution in [0.1, 0.15) is 38.2 Å². The zero-order valence-electron chi connectivity index (χ0n) is 16.3. The number of hydrogen-bond donors (Lipinski definition) is 1. The first-order valence-electron chi connectivity index (χ1n) is 9.79. The lowest BCUT2D eigenvalue weighted by Crippen LogP contribution is -2.31. The molecule has 2 aromatic carbocycles. The molecule has 4 rings (SSSR count). The minimum Gasteiger partial charge on any atom is -0.496 e. The molecular formula is C24H25NO3. The molecule has 1 heterocycles. The van der Waals surface area contributed by atoms with E-state index in [9.17, 15) is 4.79 Å². The van der Waals surface area contributed by atoms with Gasteiger partial charge in [-0.05, 0) is 37.0 Å². The van der Waals surface area contributed by atoms with Crippen molar-refractivity contribution < 1.29 is 13.9 Å². The van der Waals surface area contributed by atoms with E-state index in [4.69, 9.17) is 9.15 Å². The van der Waals surface area contributed by atoms with E-state index in [1.165, 1.54) is 12.8 Å². The van der Waals surface area contributed by atoms with E-state index in [-0.39, 0.29) is 5.91 Å². The van der Waals surface area contributed by atoms with Gasteiger partial charge in [-0.2, -0.15) is 0 Å². The third kappa shape index (κ3) is 3.68. The summed E-state index contributed by atoms with van der Waals surface area (Å²) < 4.78 is 11.3. The fraction of sp³-hybridized carbons (Fsp3) is 0.292. The monoisotopic (exact) mass is 375 g/mol. The fourth-order valence-electron chi connectivity index (χ4n) is 3.96. The van der Waals surface area contributed by atoms with Gasteiger partial charge in [-0.1, -0.05) is 43.2 Å². The minimum atomic E-state index is -0.0398. The summed E-state index contributed by atoms with van der Waals surface area (Å²) >= 11 is 0. The van der Waals surface area contributed by atoms with E-state index in [1.54, 1.807) is 19.4 Å². The third-order valence-electron chi connectivity index (χ3n) is 5.45. The van der Waals surface area contributed by atoms with Crippen LogP contribution < -0.4 is 10.1 Å². The maximum Gasteiger partial charge on any atom is 0.244 e. The summed E-state index contributed by atoms with van der Waals surface area (Å²) in [7, 11) is 1.64. The van der Waals surface area contributed by atoms with Crippen molar-refractivity contribution in [3.8, 4) is 16.9 Å². The summed E-state index contributed by atoms with van der Waals surface area (Å²) in [6, 6.07) is 14.4. The number of rotatable bonds is 5. The molecule has 4 nitrogen and oxygen atoms in total. The Hall–Kier alpha value is -3.01. The van der Waals surface area contributed by atoms with Gasteiger partial charge in [0.15, 0.2) is 0 Å². The van der Waals surface area contributed by atoms with Gasteiger partial charge in [-0.3, -0.25) is 4.79 Å². The highest BCUT2D eigenvalue weighted by Gasteiger charge is 2.18. The lowest BCUT2D eigenvalue weighted by molar-refractivity contribution is -0.117. The molecule has 4 heteroatoms. The highest BCUT2D eigenvalue weighted by Crippen LogP contribution is 2.37. The molecule has 1 amide bonds. The summed E-state index contributed by atoms with van der Waals surface area (Å²) in [6.07, 6.45) is 7.98. The Labute approximate surface area is 165 Å². The molecule has 1 aromatic heterocycles. The molecule has 3 aromatic rings. The van der Waals surface area contributed by atoms with E-state index in [2.05, 4.69) is 23.5 Å². The Morgan fingerprint density at radius 1 is 1.18 bits per heavy atom. The van der Waals surface area contributed by atoms with Crippen LogP contribution in [0.5, 0.6) is 5.75 Å². The maximum absolute atomic E-state index is 12.4. The van der Waals surface area contributed by atoms with Crippen LogP contribution in [0.25, 0.3) is 27.7 Å². The molecule has 0 radical (unpaired) electrons. The van der Waals surface area contributed by atoms with Crippen LogP contribution in [-0.2, 0) is 4.79 Å². The topological polar surface area (TPSA) is 51.5 Å². The molecule has 1 saturated carbocycles. The number of fused-ring (bicyclic) bond motifs is 1. The van der Waals surface area contributed by atoms with Crippen LogP contribution in [0.4, 0.5) is 0 Å². The molecule has 0 saturated heterocycles. The van der Waals surface area contributed by atoms with Gasteiger partial charge in [0.05, 0.1) is 13.4 Å². The Balaban J connectivity index is 1.70. The first-order valence-corrected chi connectivity index (χ1v) is 9.79. The zero-order valence-corrected chi connectivity index (χ0v) is 16.3. The lowest BCUT2D eigenvalue weighted by Gasteiger charge is -2.12. The van der Waals surface area contributed by atoms with Gasteiger partial charge in [0.2, 0.25) is 5.91 Å². The van der Waals surface area contributed by atoms with E-state index >= 15 is 0 Å². The summed E-state index contributed by atoms with van der Waals surface area (Å²) in [6.45, 7) is 1.94. The van der Waals surface area contributed by atoms with Crippen molar-refractivity contribution in [2.45, 2.75) is 38.6 Å². The van der Waals surface area contributed by atoms with E-state index < -0.39 is 0 Å². The second kappa shape index (κ2) is 7.93. The van der Waals surface area contributed by atoms with Crippen LogP contribution in [0, 0.1) is 0 Å². The number of furan rings is 1. The van der Waals surface area contributed by atoms with Crippen molar-refractivity contribution in [1.29, 1.82) is 0 Å². The predicted molar refractivity (Wildman–Crippen MR) is 112 cm³/mol. The second-order valence-corrected chi connectivity index (χ2v) is 7.38. The number of carbonyl (C=O) groups excluding carboxylic acids is 1. The highest BCUT2D eigenvalue weighted by molar-refractivity contribution is 6.00. The number of nitrogens with one attached hydrogen (secondary N) is 1. The van der Waals surface area contributed by atoms with Gasteiger partial charge >= 0.3 is 0 Å². The number of benzene rings is 2. The summed E-state index contributed by atoms with van der Waals surface area (Å²) in [5.41, 5.74) is 4.66. The number of carbonyl (C=O) groups is 1. The van der Waals surface area contributed by atoms with Crippen molar-refractivity contribution in [3.05, 3.63) is 60.4 Å². The Kier molecular flexibility index (Phi) is 5.20. The Bertz CT molecular complexity index is 1010. The van der Waals surface area contributed by atoms with E-state index in [0.717, 1.165) is 46.1 Å². The summed E-state index contributed by atoms with van der Waals surface area (Å²) in [5.74, 6) is 0.658. The summed E-state index contributed by atoms with van der Waals surface area (Å²) in [5, 5.41) is 4.12. The molecule has 1 aliphatic carbocycles. The van der Waals surface area contributed by atoms with Crippen LogP contribution in [0.15, 0.2) is 59.2 Å². The maximum atomic E-state index is 12.4. The number of allylic oxidation sites excluding steroid dienone is 1. The van der Waals surface area contributed by atoms with Crippen molar-refractivity contribution in [2.75, 3.05) is 7.11 Å². The molecule has 0 atom stereocenters. The Morgan fingerprint density at radius 2 is 1.93 bits per heavy atom. The van der Waals surface area contributed by atoms with Gasteiger partial charge in [0.25, 0.3) is 0 Å². The SMILES string of the molecule is COc1cc2occ(-c3ccccc3)c2cc1/C(C)=C/C(=O)NC1CCCC1. The van der Waals surface area contributed by atoms with Crippen LogP contribution in [0.2, 0.25) is 0 Å². The lowest BCUT2D eigenvalue weighted by atomic mass is 9.99. The average Bonchev–Trinajstić information content (AvgIpc) is 3.36. The number of methoxy groups -OCH3 is 1. The molecule has 28 heavy (non-hydrogen) atoms. The molecule has 144 valence electrons. The van der Waals surface area contributed by atoms with Crippen molar-refractivity contribution in [3.63, 3.8) is 0 Å². The molecule has 0 aliphatic heterocycles. The van der Waals surface area contributed by atoms with Gasteiger partial charge < -0.3 is 14.5 Å². The van der Waals surface area contributed by atoms with Crippen molar-refractivity contribution in [2.24, 2.45) is 0 Å². The summed E-state index contributed by atoms with van der Waals surface area (Å²) in [4.78, 5) is 12.4. The van der Waals surface area contributed by atoms with Crippen LogP contribution >= 0.6 is 0 Å². The first-order chi connectivity index (χ1) is 13.7. The molecule has 0 spiro atoms. The van der Waals surface area contributed by atoms with Gasteiger partial charge in [-0.15, -0.1) is 0 Å². The molecule has 0 unspecified atom stereocenters. The van der Waals surface area contributed by atoms with Gasteiger partial charge in [0, 0.05) is 34.7 Å². The number of hydrogen-bond acceptors (Lipinski definition) is 3. The predicted octanol–water partition coefficient (Wildman–Crippen LogP) is 5.57. The molecule has 1 fully saturated rings. The number of ether oxygens (including phenoxy) is 1. The average molecular weight is 375 g/mol. The first kappa shape index (κ1) is 18.4.